The molecule has 0 atom stereocenters. The van der Waals surface area contributed by atoms with Gasteiger partial charge >= 0.3 is 0 Å². The minimum absolute atomic E-state index is 0. The molecule has 28 heavy (non-hydrogen) atoms. The smallest absolute Gasteiger partial charge is 0.255 e. The van der Waals surface area contributed by atoms with Crippen molar-refractivity contribution < 1.29 is 4.79 Å². The highest BCUT2D eigenvalue weighted by molar-refractivity contribution is 6.04. The van der Waals surface area contributed by atoms with Gasteiger partial charge in [0.15, 0.2) is 0 Å². The highest BCUT2D eigenvalue weighted by Crippen LogP contribution is 2.17. The molecule has 7 heteroatoms. The summed E-state index contributed by atoms with van der Waals surface area (Å²) in [6.45, 7) is 2.34. The Labute approximate surface area is 169 Å². The van der Waals surface area contributed by atoms with Crippen LogP contribution in [0.5, 0.6) is 0 Å². The lowest BCUT2D eigenvalue weighted by Crippen LogP contribution is -2.24. The zero-order chi connectivity index (χ0) is 18.6. The van der Waals surface area contributed by atoms with E-state index < -0.39 is 0 Å². The zero-order valence-electron chi connectivity index (χ0n) is 15.2. The van der Waals surface area contributed by atoms with Gasteiger partial charge in [0.1, 0.15) is 0 Å². The van der Waals surface area contributed by atoms with E-state index in [4.69, 9.17) is 5.26 Å². The Balaban J connectivity index is 0.00000225. The molecule has 2 N–H and O–H groups in total. The number of hydrogen-bond donors (Lipinski definition) is 2. The summed E-state index contributed by atoms with van der Waals surface area (Å²) in [7, 11) is 0. The number of rotatable bonds is 4. The van der Waals surface area contributed by atoms with Gasteiger partial charge in [0.2, 0.25) is 0 Å². The summed E-state index contributed by atoms with van der Waals surface area (Å²) in [6, 6.07) is 15.4. The molecule has 1 amide bonds. The number of nitriles is 1. The number of benzene rings is 2. The lowest BCUT2D eigenvalue weighted by Gasteiger charge is -2.17. The summed E-state index contributed by atoms with van der Waals surface area (Å²) >= 11 is 0. The summed E-state index contributed by atoms with van der Waals surface area (Å²) in [5.74, 6) is -0.137. The van der Waals surface area contributed by atoms with Crippen LogP contribution in [0.25, 0.3) is 0 Å². The van der Waals surface area contributed by atoms with Crippen molar-refractivity contribution in [3.63, 3.8) is 0 Å². The Morgan fingerprint density at radius 3 is 3.00 bits per heavy atom. The molecule has 4 rings (SSSR count). The number of halogens is 1. The molecule has 0 fully saturated rings. The number of anilines is 1. The number of hydrogen-bond acceptors (Lipinski definition) is 4. The number of carbonyl (C=O) groups is 1. The summed E-state index contributed by atoms with van der Waals surface area (Å²) < 4.78 is 1.74. The topological polar surface area (TPSA) is 82.7 Å². The fourth-order valence-corrected chi connectivity index (χ4v) is 3.26. The van der Waals surface area contributed by atoms with Crippen molar-refractivity contribution in [3.8, 4) is 6.07 Å². The van der Waals surface area contributed by atoms with E-state index in [1.54, 1.807) is 23.1 Å². The van der Waals surface area contributed by atoms with Gasteiger partial charge < -0.3 is 10.6 Å². The second kappa shape index (κ2) is 8.70. The van der Waals surface area contributed by atoms with Crippen molar-refractivity contribution in [2.24, 2.45) is 0 Å². The minimum Gasteiger partial charge on any atom is -0.319 e. The van der Waals surface area contributed by atoms with Crippen LogP contribution in [0.4, 0.5) is 5.69 Å². The third-order valence-electron chi connectivity index (χ3n) is 4.65. The van der Waals surface area contributed by atoms with E-state index in [2.05, 4.69) is 21.8 Å². The molecule has 1 aliphatic rings. The number of nitrogens with zero attached hydrogens (tertiary/aromatic N) is 3. The van der Waals surface area contributed by atoms with E-state index in [-0.39, 0.29) is 18.3 Å². The molecule has 0 aliphatic carbocycles. The van der Waals surface area contributed by atoms with Gasteiger partial charge in [-0.25, -0.2) is 0 Å². The van der Waals surface area contributed by atoms with Crippen molar-refractivity contribution in [2.75, 3.05) is 11.9 Å². The molecule has 142 valence electrons. The standard InChI is InChI=1S/C21H19N5O.ClH/c22-10-15-2-1-3-16(8-15)13-26-14-20(12-24-26)25-21(27)18-4-5-19-11-23-7-6-17(19)9-18;/h1-5,8-9,12,14,23H,6-7,11,13H2,(H,25,27);1H. The minimum atomic E-state index is -0.137. The number of fused-ring (bicyclic) bond motifs is 1. The summed E-state index contributed by atoms with van der Waals surface area (Å²) in [5.41, 5.74) is 5.40. The Morgan fingerprint density at radius 1 is 1.25 bits per heavy atom. The van der Waals surface area contributed by atoms with Crippen molar-refractivity contribution in [2.45, 2.75) is 19.5 Å². The monoisotopic (exact) mass is 393 g/mol. The first-order valence-corrected chi connectivity index (χ1v) is 8.86. The lowest BCUT2D eigenvalue weighted by atomic mass is 9.98. The summed E-state index contributed by atoms with van der Waals surface area (Å²) in [6.07, 6.45) is 4.36. The molecule has 0 radical (unpaired) electrons. The first-order chi connectivity index (χ1) is 13.2. The van der Waals surface area contributed by atoms with Crippen LogP contribution in [0.1, 0.15) is 32.6 Å². The molecule has 0 saturated heterocycles. The van der Waals surface area contributed by atoms with Crippen molar-refractivity contribution in [1.29, 1.82) is 5.26 Å². The maximum absolute atomic E-state index is 12.6. The van der Waals surface area contributed by atoms with Crippen molar-refractivity contribution >= 4 is 24.0 Å². The summed E-state index contributed by atoms with van der Waals surface area (Å²) in [4.78, 5) is 12.6. The van der Waals surface area contributed by atoms with E-state index in [0.29, 0.717) is 23.4 Å². The van der Waals surface area contributed by atoms with Gasteiger partial charge in [-0.05, 0) is 53.9 Å². The number of nitrogens with one attached hydrogen (secondary N) is 2. The maximum Gasteiger partial charge on any atom is 0.255 e. The number of carbonyl (C=O) groups excluding carboxylic acids is 1. The number of aromatic nitrogens is 2. The highest BCUT2D eigenvalue weighted by atomic mass is 35.5. The van der Waals surface area contributed by atoms with Crippen LogP contribution in [-0.2, 0) is 19.5 Å². The van der Waals surface area contributed by atoms with E-state index in [1.165, 1.54) is 11.1 Å². The van der Waals surface area contributed by atoms with E-state index in [1.807, 2.05) is 36.4 Å². The van der Waals surface area contributed by atoms with Gasteiger partial charge in [0.05, 0.1) is 30.1 Å². The first-order valence-electron chi connectivity index (χ1n) is 8.86. The van der Waals surface area contributed by atoms with E-state index in [0.717, 1.165) is 25.1 Å². The normalized spacial score (nSPS) is 12.4. The molecular weight excluding hydrogens is 374 g/mol. The molecule has 0 bridgehead atoms. The predicted molar refractivity (Wildman–Crippen MR) is 110 cm³/mol. The maximum atomic E-state index is 12.6. The Morgan fingerprint density at radius 2 is 2.14 bits per heavy atom. The van der Waals surface area contributed by atoms with Gasteiger partial charge in [0, 0.05) is 18.3 Å². The number of amides is 1. The molecule has 0 spiro atoms. The fraction of sp³-hybridized carbons (Fsp3) is 0.190. The van der Waals surface area contributed by atoms with E-state index in [9.17, 15) is 4.79 Å². The molecule has 0 unspecified atom stereocenters. The fourth-order valence-electron chi connectivity index (χ4n) is 3.26. The van der Waals surface area contributed by atoms with Crippen LogP contribution in [0, 0.1) is 11.3 Å². The SMILES string of the molecule is Cl.N#Cc1cccc(Cn2cc(NC(=O)c3ccc4c(c3)CCNC4)cn2)c1. The molecule has 2 heterocycles. The highest BCUT2D eigenvalue weighted by Gasteiger charge is 2.13. The van der Waals surface area contributed by atoms with Crippen LogP contribution in [0.2, 0.25) is 0 Å². The lowest BCUT2D eigenvalue weighted by molar-refractivity contribution is 0.102. The second-order valence-electron chi connectivity index (χ2n) is 6.60. The van der Waals surface area contributed by atoms with Crippen molar-refractivity contribution in [3.05, 3.63) is 82.7 Å². The van der Waals surface area contributed by atoms with Gasteiger partial charge in [-0.3, -0.25) is 9.48 Å². The largest absolute Gasteiger partial charge is 0.319 e. The Bertz CT molecular complexity index is 1040. The summed E-state index contributed by atoms with van der Waals surface area (Å²) in [5, 5.41) is 19.5. The molecule has 2 aromatic carbocycles. The Hall–Kier alpha value is -3.14. The van der Waals surface area contributed by atoms with Crippen LogP contribution in [0.15, 0.2) is 54.9 Å². The first kappa shape index (κ1) is 19.6. The predicted octanol–water partition coefficient (Wildman–Crippen LogP) is 3.12. The van der Waals surface area contributed by atoms with Crippen LogP contribution >= 0.6 is 12.4 Å². The van der Waals surface area contributed by atoms with E-state index >= 15 is 0 Å². The molecule has 1 aromatic heterocycles. The molecule has 6 nitrogen and oxygen atoms in total. The third-order valence-corrected chi connectivity index (χ3v) is 4.65. The van der Waals surface area contributed by atoms with Gasteiger partial charge in [-0.15, -0.1) is 12.4 Å². The van der Waals surface area contributed by atoms with Crippen LogP contribution in [0.3, 0.4) is 0 Å². The third kappa shape index (κ3) is 4.39. The Kier molecular flexibility index (Phi) is 6.09. The molecule has 3 aromatic rings. The van der Waals surface area contributed by atoms with Crippen LogP contribution < -0.4 is 10.6 Å². The average Bonchev–Trinajstić information content (AvgIpc) is 3.14. The molecule has 1 aliphatic heterocycles. The van der Waals surface area contributed by atoms with Gasteiger partial charge in [-0.2, -0.15) is 10.4 Å². The molecule has 0 saturated carbocycles. The van der Waals surface area contributed by atoms with Crippen molar-refractivity contribution in [1.82, 2.24) is 15.1 Å². The average molecular weight is 394 g/mol. The molecular formula is C21H20ClN5O. The second-order valence-corrected chi connectivity index (χ2v) is 6.60. The zero-order valence-corrected chi connectivity index (χ0v) is 16.0. The van der Waals surface area contributed by atoms with Crippen LogP contribution in [-0.4, -0.2) is 22.2 Å². The quantitative estimate of drug-likeness (QED) is 0.713. The van der Waals surface area contributed by atoms with Gasteiger partial charge in [-0.1, -0.05) is 18.2 Å². The van der Waals surface area contributed by atoms with Gasteiger partial charge in [0.25, 0.3) is 5.91 Å².